The molecule has 0 fully saturated rings. The summed E-state index contributed by atoms with van der Waals surface area (Å²) in [4.78, 5) is 12.8. The van der Waals surface area contributed by atoms with Gasteiger partial charge in [-0.25, -0.2) is 18.4 Å². The lowest BCUT2D eigenvalue weighted by Crippen LogP contribution is -2.15. The third-order valence-corrected chi connectivity index (χ3v) is 5.63. The number of rotatable bonds is 6. The number of anilines is 1. The minimum absolute atomic E-state index is 0.00714. The molecule has 0 radical (unpaired) electrons. The molecule has 0 bridgehead atoms. The molecule has 146 valence electrons. The van der Waals surface area contributed by atoms with Gasteiger partial charge in [0, 0.05) is 17.4 Å². The summed E-state index contributed by atoms with van der Waals surface area (Å²) in [5.74, 6) is 0.0887. The number of pyridine rings is 1. The van der Waals surface area contributed by atoms with Crippen LogP contribution in [-0.2, 0) is 16.6 Å². The quantitative estimate of drug-likeness (QED) is 0.499. The molecule has 2 aromatic carbocycles. The summed E-state index contributed by atoms with van der Waals surface area (Å²) in [7, 11) is -3.91. The number of hydrogen-bond acceptors (Lipinski definition) is 6. The summed E-state index contributed by atoms with van der Waals surface area (Å²) in [6.07, 6.45) is 3.30. The van der Waals surface area contributed by atoms with E-state index in [-0.39, 0.29) is 23.2 Å². The molecule has 2 aromatic heterocycles. The smallest absolute Gasteiger partial charge is 0.263 e. The molecule has 4 aromatic rings. The Morgan fingerprint density at radius 2 is 1.55 bits per heavy atom. The third kappa shape index (κ3) is 4.44. The summed E-state index contributed by atoms with van der Waals surface area (Å²) >= 11 is 5.85. The fourth-order valence-electron chi connectivity index (χ4n) is 2.58. The van der Waals surface area contributed by atoms with E-state index >= 15 is 0 Å². The molecule has 0 unspecified atom stereocenters. The van der Waals surface area contributed by atoms with Crippen LogP contribution >= 0.6 is 11.6 Å². The molecule has 0 amide bonds. The molecular weight excluding hydrogens is 412 g/mol. The highest BCUT2D eigenvalue weighted by Gasteiger charge is 2.20. The first kappa shape index (κ1) is 19.1. The number of benzene rings is 2. The SMILES string of the molecule is O=S(=O)(Nc1nc2ccccc2nc1OCc1ccncc1)c1ccc(Cl)cc1. The van der Waals surface area contributed by atoms with Crippen molar-refractivity contribution in [3.05, 3.63) is 83.6 Å². The molecule has 7 nitrogen and oxygen atoms in total. The first-order valence-electron chi connectivity index (χ1n) is 8.58. The second-order valence-corrected chi connectivity index (χ2v) is 8.19. The number of fused-ring (bicyclic) bond motifs is 1. The van der Waals surface area contributed by atoms with Gasteiger partial charge in [0.05, 0.1) is 15.9 Å². The number of hydrogen-bond donors (Lipinski definition) is 1. The zero-order valence-electron chi connectivity index (χ0n) is 15.0. The van der Waals surface area contributed by atoms with Gasteiger partial charge in [0.15, 0.2) is 0 Å². The van der Waals surface area contributed by atoms with Crippen molar-refractivity contribution in [2.45, 2.75) is 11.5 Å². The van der Waals surface area contributed by atoms with Gasteiger partial charge in [0.2, 0.25) is 5.82 Å². The number of sulfonamides is 1. The van der Waals surface area contributed by atoms with Crippen LogP contribution in [0.15, 0.2) is 78.0 Å². The van der Waals surface area contributed by atoms with Crippen molar-refractivity contribution in [1.82, 2.24) is 15.0 Å². The molecule has 0 aliphatic heterocycles. The second kappa shape index (κ2) is 8.02. The van der Waals surface area contributed by atoms with Crippen molar-refractivity contribution < 1.29 is 13.2 Å². The number of para-hydroxylation sites is 2. The van der Waals surface area contributed by atoms with E-state index in [0.717, 1.165) is 5.56 Å². The molecule has 0 aliphatic carbocycles. The Labute approximate surface area is 172 Å². The summed E-state index contributed by atoms with van der Waals surface area (Å²) in [6.45, 7) is 0.186. The standard InChI is InChI=1S/C20H15ClN4O3S/c21-15-5-7-16(8-6-15)29(26,27)25-19-20(28-13-14-9-11-22-12-10-14)24-18-4-2-1-3-17(18)23-19/h1-12H,13H2,(H,23,25). The van der Waals surface area contributed by atoms with Crippen LogP contribution in [0.3, 0.4) is 0 Å². The van der Waals surface area contributed by atoms with Gasteiger partial charge in [-0.05, 0) is 54.1 Å². The predicted molar refractivity (Wildman–Crippen MR) is 110 cm³/mol. The minimum Gasteiger partial charge on any atom is -0.470 e. The molecule has 0 saturated carbocycles. The van der Waals surface area contributed by atoms with E-state index in [1.54, 1.807) is 42.7 Å². The fourth-order valence-corrected chi connectivity index (χ4v) is 3.71. The Bertz CT molecular complexity index is 1250. The van der Waals surface area contributed by atoms with Gasteiger partial charge < -0.3 is 4.74 Å². The monoisotopic (exact) mass is 426 g/mol. The largest absolute Gasteiger partial charge is 0.470 e. The predicted octanol–water partition coefficient (Wildman–Crippen LogP) is 4.06. The van der Waals surface area contributed by atoms with E-state index in [4.69, 9.17) is 16.3 Å². The van der Waals surface area contributed by atoms with Gasteiger partial charge in [-0.15, -0.1) is 0 Å². The lowest BCUT2D eigenvalue weighted by atomic mass is 10.3. The molecule has 9 heteroatoms. The highest BCUT2D eigenvalue weighted by Crippen LogP contribution is 2.27. The summed E-state index contributed by atoms with van der Waals surface area (Å²) in [5, 5.41) is 0.441. The van der Waals surface area contributed by atoms with Gasteiger partial charge in [-0.1, -0.05) is 23.7 Å². The molecule has 0 saturated heterocycles. The van der Waals surface area contributed by atoms with Crippen molar-refractivity contribution >= 4 is 38.5 Å². The zero-order chi connectivity index (χ0) is 20.3. The van der Waals surface area contributed by atoms with Crippen molar-refractivity contribution in [3.8, 4) is 5.88 Å². The molecule has 0 aliphatic rings. The average molecular weight is 427 g/mol. The van der Waals surface area contributed by atoms with Crippen LogP contribution in [0.25, 0.3) is 11.0 Å². The topological polar surface area (TPSA) is 94.1 Å². The number of nitrogens with one attached hydrogen (secondary N) is 1. The Balaban J connectivity index is 1.70. The van der Waals surface area contributed by atoms with Crippen LogP contribution in [0.2, 0.25) is 5.02 Å². The lowest BCUT2D eigenvalue weighted by Gasteiger charge is -2.13. The molecule has 0 atom stereocenters. The number of ether oxygens (including phenoxy) is 1. The van der Waals surface area contributed by atoms with Crippen molar-refractivity contribution in [1.29, 1.82) is 0 Å². The van der Waals surface area contributed by atoms with E-state index < -0.39 is 10.0 Å². The van der Waals surface area contributed by atoms with E-state index in [0.29, 0.717) is 16.1 Å². The molecule has 4 rings (SSSR count). The van der Waals surface area contributed by atoms with E-state index in [2.05, 4.69) is 19.7 Å². The van der Waals surface area contributed by atoms with Crippen molar-refractivity contribution in [2.75, 3.05) is 4.72 Å². The zero-order valence-corrected chi connectivity index (χ0v) is 16.6. The van der Waals surface area contributed by atoms with Crippen molar-refractivity contribution in [2.24, 2.45) is 0 Å². The second-order valence-electron chi connectivity index (χ2n) is 6.07. The van der Waals surface area contributed by atoms with Gasteiger partial charge in [0.1, 0.15) is 6.61 Å². The summed E-state index contributed by atoms with van der Waals surface area (Å²) in [6, 6.07) is 16.6. The van der Waals surface area contributed by atoms with E-state index in [9.17, 15) is 8.42 Å². The van der Waals surface area contributed by atoms with Gasteiger partial charge in [-0.3, -0.25) is 9.71 Å². The van der Waals surface area contributed by atoms with Gasteiger partial charge in [0.25, 0.3) is 15.9 Å². The highest BCUT2D eigenvalue weighted by atomic mass is 35.5. The van der Waals surface area contributed by atoms with Crippen LogP contribution in [0, 0.1) is 0 Å². The highest BCUT2D eigenvalue weighted by molar-refractivity contribution is 7.92. The Kier molecular flexibility index (Phi) is 5.28. The molecule has 1 N–H and O–H groups in total. The molecule has 2 heterocycles. The summed E-state index contributed by atoms with van der Waals surface area (Å²) in [5.41, 5.74) is 1.99. The fraction of sp³-hybridized carbons (Fsp3) is 0.0500. The molecule has 0 spiro atoms. The van der Waals surface area contributed by atoms with Crippen molar-refractivity contribution in [3.63, 3.8) is 0 Å². The Morgan fingerprint density at radius 1 is 0.897 bits per heavy atom. The normalized spacial score (nSPS) is 11.3. The van der Waals surface area contributed by atoms with Crippen LogP contribution in [0.1, 0.15) is 5.56 Å². The molecule has 29 heavy (non-hydrogen) atoms. The maximum atomic E-state index is 12.8. The Hall–Kier alpha value is -3.23. The molecular formula is C20H15ClN4O3S. The van der Waals surface area contributed by atoms with Crippen LogP contribution < -0.4 is 9.46 Å². The number of halogens is 1. The first-order valence-corrected chi connectivity index (χ1v) is 10.4. The average Bonchev–Trinajstić information content (AvgIpc) is 2.73. The lowest BCUT2D eigenvalue weighted by molar-refractivity contribution is 0.295. The Morgan fingerprint density at radius 3 is 2.24 bits per heavy atom. The van der Waals surface area contributed by atoms with Gasteiger partial charge >= 0.3 is 0 Å². The van der Waals surface area contributed by atoms with E-state index in [1.807, 2.05) is 6.07 Å². The van der Waals surface area contributed by atoms with Crippen LogP contribution in [0.5, 0.6) is 5.88 Å². The summed E-state index contributed by atoms with van der Waals surface area (Å²) < 4.78 is 33.8. The number of nitrogens with zero attached hydrogens (tertiary/aromatic N) is 3. The van der Waals surface area contributed by atoms with Gasteiger partial charge in [-0.2, -0.15) is 0 Å². The maximum Gasteiger partial charge on any atom is 0.263 e. The van der Waals surface area contributed by atoms with Crippen LogP contribution in [0.4, 0.5) is 5.82 Å². The third-order valence-electron chi connectivity index (χ3n) is 4.02. The number of aromatic nitrogens is 3. The van der Waals surface area contributed by atoms with Crippen LogP contribution in [-0.4, -0.2) is 23.4 Å². The maximum absolute atomic E-state index is 12.8. The first-order chi connectivity index (χ1) is 14.0. The minimum atomic E-state index is -3.91. The van der Waals surface area contributed by atoms with E-state index in [1.165, 1.54) is 24.3 Å².